The van der Waals surface area contributed by atoms with Crippen LogP contribution >= 0.6 is 12.6 Å². The second-order valence-corrected chi connectivity index (χ2v) is 4.72. The van der Waals surface area contributed by atoms with Gasteiger partial charge in [-0.3, -0.25) is 0 Å². The van der Waals surface area contributed by atoms with Crippen molar-refractivity contribution in [1.29, 1.82) is 0 Å². The number of rotatable bonds is 5. The van der Waals surface area contributed by atoms with Gasteiger partial charge in [-0.25, -0.2) is 8.78 Å². The maximum Gasteiger partial charge on any atom is 0.190 e. The van der Waals surface area contributed by atoms with Crippen molar-refractivity contribution >= 4 is 12.6 Å². The summed E-state index contributed by atoms with van der Waals surface area (Å²) in [5, 5.41) is 0. The molecule has 94 valence electrons. The van der Waals surface area contributed by atoms with Crippen LogP contribution in [0.5, 0.6) is 5.75 Å². The van der Waals surface area contributed by atoms with Gasteiger partial charge in [-0.05, 0) is 36.5 Å². The molecule has 17 heavy (non-hydrogen) atoms. The van der Waals surface area contributed by atoms with Crippen molar-refractivity contribution in [2.45, 2.75) is 18.9 Å². The van der Waals surface area contributed by atoms with Crippen LogP contribution in [0.25, 0.3) is 0 Å². The van der Waals surface area contributed by atoms with Gasteiger partial charge in [0.1, 0.15) is 0 Å². The Kier molecular flexibility index (Phi) is 3.89. The van der Waals surface area contributed by atoms with Crippen LogP contribution in [0.3, 0.4) is 0 Å². The number of thiol groups is 1. The molecule has 1 fully saturated rings. The molecule has 1 aromatic rings. The molecular weight excluding hydrogens is 244 g/mol. The Morgan fingerprint density at radius 1 is 1.35 bits per heavy atom. The fourth-order valence-electron chi connectivity index (χ4n) is 1.52. The first-order valence-corrected chi connectivity index (χ1v) is 6.23. The van der Waals surface area contributed by atoms with Crippen LogP contribution in [0, 0.1) is 17.6 Å². The minimum absolute atomic E-state index is 0.299. The lowest BCUT2D eigenvalue weighted by Crippen LogP contribution is -2.13. The number of hydrogen-bond donors (Lipinski definition) is 2. The van der Waals surface area contributed by atoms with E-state index in [-0.39, 0.29) is 5.75 Å². The lowest BCUT2D eigenvalue weighted by atomic mass is 10.1. The summed E-state index contributed by atoms with van der Waals surface area (Å²) in [6.07, 6.45) is 2.15. The molecule has 0 aliphatic heterocycles. The first kappa shape index (κ1) is 12.6. The Hall–Kier alpha value is -0.810. The minimum Gasteiger partial charge on any atom is -0.487 e. The molecule has 1 unspecified atom stereocenters. The smallest absolute Gasteiger partial charge is 0.190 e. The van der Waals surface area contributed by atoms with Gasteiger partial charge in [-0.15, -0.1) is 0 Å². The molecule has 1 aliphatic rings. The van der Waals surface area contributed by atoms with Crippen LogP contribution in [0.15, 0.2) is 12.1 Å². The quantitative estimate of drug-likeness (QED) is 0.797. The van der Waals surface area contributed by atoms with Gasteiger partial charge in [0.25, 0.3) is 0 Å². The molecule has 0 heterocycles. The highest BCUT2D eigenvalue weighted by Crippen LogP contribution is 2.32. The molecule has 1 saturated carbocycles. The molecule has 1 atom stereocenters. The molecule has 0 bridgehead atoms. The van der Waals surface area contributed by atoms with E-state index in [0.717, 1.165) is 12.8 Å². The summed E-state index contributed by atoms with van der Waals surface area (Å²) in [5.74, 6) is -0.905. The standard InChI is InChI=1S/C12H15F2NOS/c13-9-3-8(11(15)6-17)4-10(14)12(9)16-5-7-1-2-7/h3-4,7,11,17H,1-2,5-6,15H2. The van der Waals surface area contributed by atoms with Crippen molar-refractivity contribution in [1.82, 2.24) is 0 Å². The van der Waals surface area contributed by atoms with Crippen LogP contribution in [-0.4, -0.2) is 12.4 Å². The van der Waals surface area contributed by atoms with E-state index in [9.17, 15) is 8.78 Å². The van der Waals surface area contributed by atoms with Crippen molar-refractivity contribution in [2.75, 3.05) is 12.4 Å². The maximum atomic E-state index is 13.6. The second kappa shape index (κ2) is 5.23. The first-order chi connectivity index (χ1) is 8.11. The Morgan fingerprint density at radius 2 is 1.94 bits per heavy atom. The number of halogens is 2. The van der Waals surface area contributed by atoms with Gasteiger partial charge in [-0.2, -0.15) is 12.6 Å². The summed E-state index contributed by atoms with van der Waals surface area (Å²) in [5.41, 5.74) is 6.06. The van der Waals surface area contributed by atoms with Crippen LogP contribution in [-0.2, 0) is 0 Å². The maximum absolute atomic E-state index is 13.6. The Balaban J connectivity index is 2.15. The Morgan fingerprint density at radius 3 is 2.41 bits per heavy atom. The second-order valence-electron chi connectivity index (χ2n) is 4.36. The first-order valence-electron chi connectivity index (χ1n) is 5.60. The summed E-state index contributed by atoms with van der Waals surface area (Å²) < 4.78 is 32.4. The van der Waals surface area contributed by atoms with Crippen molar-refractivity contribution in [2.24, 2.45) is 11.7 Å². The molecule has 1 aromatic carbocycles. The number of hydrogen-bond acceptors (Lipinski definition) is 3. The van der Waals surface area contributed by atoms with Gasteiger partial charge in [0.15, 0.2) is 17.4 Å². The van der Waals surface area contributed by atoms with E-state index >= 15 is 0 Å². The van der Waals surface area contributed by atoms with E-state index < -0.39 is 17.7 Å². The fraction of sp³-hybridized carbons (Fsp3) is 0.500. The van der Waals surface area contributed by atoms with E-state index in [4.69, 9.17) is 10.5 Å². The van der Waals surface area contributed by atoms with Gasteiger partial charge in [0.05, 0.1) is 6.61 Å². The van der Waals surface area contributed by atoms with Crippen LogP contribution in [0.4, 0.5) is 8.78 Å². The number of benzene rings is 1. The predicted octanol–water partition coefficient (Wildman–Crippen LogP) is 2.68. The normalized spacial score (nSPS) is 16.9. The summed E-state index contributed by atoms with van der Waals surface area (Å²) >= 11 is 4.00. The molecule has 0 amide bonds. The molecule has 0 spiro atoms. The van der Waals surface area contributed by atoms with Gasteiger partial charge in [0.2, 0.25) is 0 Å². The topological polar surface area (TPSA) is 35.2 Å². The highest BCUT2D eigenvalue weighted by Gasteiger charge is 2.24. The van der Waals surface area contributed by atoms with Crippen LogP contribution in [0.1, 0.15) is 24.4 Å². The van der Waals surface area contributed by atoms with E-state index in [1.54, 1.807) is 0 Å². The average Bonchev–Trinajstić information content (AvgIpc) is 3.10. The van der Waals surface area contributed by atoms with E-state index in [1.807, 2.05) is 0 Å². The molecule has 2 rings (SSSR count). The van der Waals surface area contributed by atoms with Crippen molar-refractivity contribution in [3.05, 3.63) is 29.3 Å². The third-order valence-corrected chi connectivity index (χ3v) is 3.20. The largest absolute Gasteiger partial charge is 0.487 e. The lowest BCUT2D eigenvalue weighted by molar-refractivity contribution is 0.270. The zero-order valence-electron chi connectivity index (χ0n) is 9.33. The van der Waals surface area contributed by atoms with Gasteiger partial charge in [-0.1, -0.05) is 0 Å². The zero-order valence-corrected chi connectivity index (χ0v) is 10.2. The SMILES string of the molecule is NC(CS)c1cc(F)c(OCC2CC2)c(F)c1. The highest BCUT2D eigenvalue weighted by atomic mass is 32.1. The Bertz CT molecular complexity index is 386. The average molecular weight is 259 g/mol. The van der Waals surface area contributed by atoms with E-state index in [1.165, 1.54) is 12.1 Å². The third-order valence-electron chi connectivity index (χ3n) is 2.81. The zero-order chi connectivity index (χ0) is 12.4. The monoisotopic (exact) mass is 259 g/mol. The van der Waals surface area contributed by atoms with Crippen molar-refractivity contribution < 1.29 is 13.5 Å². The highest BCUT2D eigenvalue weighted by molar-refractivity contribution is 7.80. The summed E-state index contributed by atoms with van der Waals surface area (Å²) in [6, 6.07) is 1.96. The molecule has 2 nitrogen and oxygen atoms in total. The molecule has 0 radical (unpaired) electrons. The third kappa shape index (κ3) is 3.10. The lowest BCUT2D eigenvalue weighted by Gasteiger charge is -2.12. The summed E-state index contributed by atoms with van der Waals surface area (Å²) in [6.45, 7) is 0.381. The predicted molar refractivity (Wildman–Crippen MR) is 65.4 cm³/mol. The Labute approximate surface area is 105 Å². The van der Waals surface area contributed by atoms with Gasteiger partial charge in [0, 0.05) is 11.8 Å². The molecule has 2 N–H and O–H groups in total. The van der Waals surface area contributed by atoms with Gasteiger partial charge >= 0.3 is 0 Å². The number of ether oxygens (including phenoxy) is 1. The van der Waals surface area contributed by atoms with Crippen LogP contribution < -0.4 is 10.5 Å². The van der Waals surface area contributed by atoms with E-state index in [0.29, 0.717) is 23.8 Å². The number of nitrogens with two attached hydrogens (primary N) is 1. The molecule has 1 aliphatic carbocycles. The summed E-state index contributed by atoms with van der Waals surface area (Å²) in [4.78, 5) is 0. The molecule has 5 heteroatoms. The van der Waals surface area contributed by atoms with E-state index in [2.05, 4.69) is 12.6 Å². The minimum atomic E-state index is -0.696. The van der Waals surface area contributed by atoms with Gasteiger partial charge < -0.3 is 10.5 Å². The van der Waals surface area contributed by atoms with Crippen molar-refractivity contribution in [3.8, 4) is 5.75 Å². The molecule has 0 aromatic heterocycles. The molecule has 0 saturated heterocycles. The van der Waals surface area contributed by atoms with Crippen molar-refractivity contribution in [3.63, 3.8) is 0 Å². The summed E-state index contributed by atoms with van der Waals surface area (Å²) in [7, 11) is 0. The molecular formula is C12H15F2NOS. The van der Waals surface area contributed by atoms with Crippen LogP contribution in [0.2, 0.25) is 0 Å². The fourth-order valence-corrected chi connectivity index (χ4v) is 1.73.